The maximum absolute atomic E-state index is 13.4. The van der Waals surface area contributed by atoms with E-state index < -0.39 is 28.8 Å². The molecule has 0 saturated carbocycles. The van der Waals surface area contributed by atoms with Gasteiger partial charge >= 0.3 is 6.18 Å². The minimum absolute atomic E-state index is 0.190. The normalized spacial score (nSPS) is 11.4. The summed E-state index contributed by atoms with van der Waals surface area (Å²) < 4.78 is 41.3. The average molecular weight is 415 g/mol. The second-order valence-electron chi connectivity index (χ2n) is 7.01. The lowest BCUT2D eigenvalue weighted by atomic mass is 10.1. The number of rotatable bonds is 4. The molecule has 0 fully saturated rings. The summed E-state index contributed by atoms with van der Waals surface area (Å²) in [5.41, 5.74) is -0.180. The van der Waals surface area contributed by atoms with E-state index in [0.29, 0.717) is 0 Å². The first kappa shape index (κ1) is 21.3. The fourth-order valence-electron chi connectivity index (χ4n) is 3.13. The highest BCUT2D eigenvalue weighted by Gasteiger charge is 2.34. The molecule has 0 aliphatic rings. The molecule has 0 saturated heterocycles. The van der Waals surface area contributed by atoms with Crippen molar-refractivity contribution < 1.29 is 18.0 Å². The Labute approximate surface area is 171 Å². The number of hydrogen-bond donors (Lipinski definition) is 0. The van der Waals surface area contributed by atoms with Gasteiger partial charge in [0.2, 0.25) is 5.43 Å². The summed E-state index contributed by atoms with van der Waals surface area (Å²) in [5, 5.41) is 4.01. The molecular weight excluding hydrogens is 395 g/mol. The quantitative estimate of drug-likeness (QED) is 0.644. The molecule has 2 aromatic carbocycles. The number of alkyl halides is 3. The van der Waals surface area contributed by atoms with Crippen LogP contribution in [0, 0.1) is 13.8 Å². The Morgan fingerprint density at radius 3 is 2.37 bits per heavy atom. The monoisotopic (exact) mass is 415 g/mol. The van der Waals surface area contributed by atoms with Crippen LogP contribution >= 0.6 is 0 Å². The first-order valence-corrected chi connectivity index (χ1v) is 9.17. The summed E-state index contributed by atoms with van der Waals surface area (Å²) in [5.74, 6) is -0.665. The summed E-state index contributed by atoms with van der Waals surface area (Å²) in [6, 6.07) is 13.5. The third-order valence-corrected chi connectivity index (χ3v) is 4.76. The summed E-state index contributed by atoms with van der Waals surface area (Å²) in [6.45, 7) is 3.60. The molecule has 0 bridgehead atoms. The lowest BCUT2D eigenvalue weighted by Gasteiger charge is -2.20. The zero-order valence-electron chi connectivity index (χ0n) is 16.7. The fraction of sp³-hybridized carbons (Fsp3) is 0.227. The minimum atomic E-state index is -4.61. The first-order chi connectivity index (χ1) is 14.1. The van der Waals surface area contributed by atoms with Crippen LogP contribution < -0.4 is 5.43 Å². The first-order valence-electron chi connectivity index (χ1n) is 9.17. The number of carbonyl (C=O) groups excluding carboxylic acids is 1. The maximum Gasteiger partial charge on any atom is 0.418 e. The lowest BCUT2D eigenvalue weighted by Crippen LogP contribution is -2.33. The van der Waals surface area contributed by atoms with Crippen molar-refractivity contribution >= 4 is 5.91 Å². The number of nitrogens with zero attached hydrogens (tertiary/aromatic N) is 3. The number of hydrogen-bond acceptors (Lipinski definition) is 3. The van der Waals surface area contributed by atoms with E-state index in [1.165, 1.54) is 37.1 Å². The van der Waals surface area contributed by atoms with E-state index in [1.54, 1.807) is 0 Å². The molecule has 156 valence electrons. The Kier molecular flexibility index (Phi) is 5.78. The molecule has 1 amide bonds. The molecule has 5 nitrogen and oxygen atoms in total. The minimum Gasteiger partial charge on any atom is -0.336 e. The van der Waals surface area contributed by atoms with Crippen molar-refractivity contribution in [2.24, 2.45) is 0 Å². The second kappa shape index (κ2) is 8.14. The zero-order valence-corrected chi connectivity index (χ0v) is 16.7. The molecule has 0 radical (unpaired) electrons. The van der Waals surface area contributed by atoms with Gasteiger partial charge in [0, 0.05) is 25.4 Å². The largest absolute Gasteiger partial charge is 0.418 e. The standard InChI is InChI=1S/C22H20F3N3O2/c1-14-8-4-5-9-16(14)13-27(3)21(30)20-19(29)12-15(2)28(26-20)18-11-7-6-10-17(18)22(23,24)25/h4-12H,13H2,1-3H3. The molecule has 0 unspecified atom stereocenters. The Balaban J connectivity index is 2.03. The molecule has 0 spiro atoms. The maximum atomic E-state index is 13.4. The number of amides is 1. The highest BCUT2D eigenvalue weighted by molar-refractivity contribution is 5.91. The van der Waals surface area contributed by atoms with Crippen molar-refractivity contribution in [3.05, 3.63) is 92.9 Å². The molecule has 8 heteroatoms. The van der Waals surface area contributed by atoms with Crippen LogP contribution in [0.3, 0.4) is 0 Å². The van der Waals surface area contributed by atoms with Gasteiger partial charge in [0.05, 0.1) is 11.3 Å². The van der Waals surface area contributed by atoms with Crippen molar-refractivity contribution in [2.75, 3.05) is 7.05 Å². The van der Waals surface area contributed by atoms with E-state index in [9.17, 15) is 22.8 Å². The molecule has 0 N–H and O–H groups in total. The van der Waals surface area contributed by atoms with Gasteiger partial charge in [-0.1, -0.05) is 36.4 Å². The summed E-state index contributed by atoms with van der Waals surface area (Å²) >= 11 is 0. The van der Waals surface area contributed by atoms with Crippen molar-refractivity contribution in [1.82, 2.24) is 14.7 Å². The smallest absolute Gasteiger partial charge is 0.336 e. The van der Waals surface area contributed by atoms with Crippen molar-refractivity contribution in [3.63, 3.8) is 0 Å². The summed E-state index contributed by atoms with van der Waals surface area (Å²) in [4.78, 5) is 26.6. The SMILES string of the molecule is Cc1ccccc1CN(C)C(=O)c1nn(-c2ccccc2C(F)(F)F)c(C)cc1=O. The van der Waals surface area contributed by atoms with Crippen molar-refractivity contribution in [2.45, 2.75) is 26.6 Å². The van der Waals surface area contributed by atoms with E-state index in [1.807, 2.05) is 31.2 Å². The third kappa shape index (κ3) is 4.27. The van der Waals surface area contributed by atoms with E-state index in [4.69, 9.17) is 0 Å². The van der Waals surface area contributed by atoms with Crippen LogP contribution in [0.2, 0.25) is 0 Å². The fourth-order valence-corrected chi connectivity index (χ4v) is 3.13. The number of benzene rings is 2. The van der Waals surface area contributed by atoms with Crippen LogP contribution in [-0.2, 0) is 12.7 Å². The third-order valence-electron chi connectivity index (χ3n) is 4.76. The molecule has 1 heterocycles. The Morgan fingerprint density at radius 2 is 1.70 bits per heavy atom. The lowest BCUT2D eigenvalue weighted by molar-refractivity contribution is -0.137. The topological polar surface area (TPSA) is 55.2 Å². The van der Waals surface area contributed by atoms with Gasteiger partial charge in [0.1, 0.15) is 0 Å². The highest BCUT2D eigenvalue weighted by atomic mass is 19.4. The van der Waals surface area contributed by atoms with Gasteiger partial charge in [-0.25, -0.2) is 4.68 Å². The predicted molar refractivity (Wildman–Crippen MR) is 107 cm³/mol. The van der Waals surface area contributed by atoms with Crippen LogP contribution in [0.25, 0.3) is 5.69 Å². The molecular formula is C22H20F3N3O2. The molecule has 3 aromatic rings. The average Bonchev–Trinajstić information content (AvgIpc) is 2.68. The molecule has 30 heavy (non-hydrogen) atoms. The molecule has 0 aliphatic heterocycles. The van der Waals surface area contributed by atoms with Crippen LogP contribution in [0.4, 0.5) is 13.2 Å². The Morgan fingerprint density at radius 1 is 1.07 bits per heavy atom. The molecule has 0 aliphatic carbocycles. The summed E-state index contributed by atoms with van der Waals surface area (Å²) in [6.07, 6.45) is -4.61. The van der Waals surface area contributed by atoms with Crippen molar-refractivity contribution in [3.8, 4) is 5.69 Å². The molecule has 3 rings (SSSR count). The van der Waals surface area contributed by atoms with Gasteiger partial charge in [-0.15, -0.1) is 0 Å². The van der Waals surface area contributed by atoms with Gasteiger partial charge in [-0.05, 0) is 37.1 Å². The van der Waals surface area contributed by atoms with Crippen LogP contribution in [0.15, 0.2) is 59.4 Å². The van der Waals surface area contributed by atoms with E-state index in [-0.39, 0.29) is 17.9 Å². The van der Waals surface area contributed by atoms with Gasteiger partial charge in [0.25, 0.3) is 5.91 Å². The number of para-hydroxylation sites is 1. The van der Waals surface area contributed by atoms with E-state index in [2.05, 4.69) is 5.10 Å². The Bertz CT molecular complexity index is 1150. The van der Waals surface area contributed by atoms with Gasteiger partial charge in [-0.2, -0.15) is 18.3 Å². The van der Waals surface area contributed by atoms with Crippen LogP contribution in [0.1, 0.15) is 32.9 Å². The summed E-state index contributed by atoms with van der Waals surface area (Å²) in [7, 11) is 1.52. The molecule has 0 atom stereocenters. The number of aromatic nitrogens is 2. The molecule has 1 aromatic heterocycles. The van der Waals surface area contributed by atoms with Gasteiger partial charge in [-0.3, -0.25) is 9.59 Å². The number of aryl methyl sites for hydroxylation is 2. The van der Waals surface area contributed by atoms with Crippen LogP contribution in [-0.4, -0.2) is 27.6 Å². The highest BCUT2D eigenvalue weighted by Crippen LogP contribution is 2.33. The second-order valence-corrected chi connectivity index (χ2v) is 7.01. The van der Waals surface area contributed by atoms with Crippen molar-refractivity contribution in [1.29, 1.82) is 0 Å². The zero-order chi connectivity index (χ0) is 22.1. The number of halogens is 3. The van der Waals surface area contributed by atoms with Crippen LogP contribution in [0.5, 0.6) is 0 Å². The van der Waals surface area contributed by atoms with E-state index >= 15 is 0 Å². The predicted octanol–water partition coefficient (Wildman–Crippen LogP) is 4.14. The number of carbonyl (C=O) groups is 1. The van der Waals surface area contributed by atoms with Gasteiger partial charge in [0.15, 0.2) is 5.69 Å². The van der Waals surface area contributed by atoms with Gasteiger partial charge < -0.3 is 4.90 Å². The van der Waals surface area contributed by atoms with E-state index in [0.717, 1.165) is 27.9 Å². The Hall–Kier alpha value is -3.42.